The minimum atomic E-state index is -1.51. The number of methoxy groups -OCH3 is 1. The molecule has 2 aromatic heterocycles. The van der Waals surface area contributed by atoms with Gasteiger partial charge in [0.05, 0.1) is 48.7 Å². The van der Waals surface area contributed by atoms with Gasteiger partial charge in [0.1, 0.15) is 23.0 Å². The van der Waals surface area contributed by atoms with Gasteiger partial charge in [0.25, 0.3) is 0 Å². The number of hydrogen-bond donors (Lipinski definition) is 2. The lowest BCUT2D eigenvalue weighted by molar-refractivity contribution is -0.103. The molecule has 2 aromatic carbocycles. The second-order valence-corrected chi connectivity index (χ2v) is 12.8. The Bertz CT molecular complexity index is 1900. The van der Waals surface area contributed by atoms with Gasteiger partial charge in [0.15, 0.2) is 17.2 Å². The zero-order valence-corrected chi connectivity index (χ0v) is 26.5. The number of β-amino-alcohol motifs (C(OH)–C–C–N with tert-alkyl or cyclic N) is 1. The van der Waals surface area contributed by atoms with Crippen LogP contribution in [0.3, 0.4) is 0 Å². The van der Waals surface area contributed by atoms with Gasteiger partial charge in [-0.25, -0.2) is 9.78 Å². The average Bonchev–Trinajstić information content (AvgIpc) is 3.77. The zero-order chi connectivity index (χ0) is 32.8. The van der Waals surface area contributed by atoms with Gasteiger partial charge in [-0.3, -0.25) is 0 Å². The predicted octanol–water partition coefficient (Wildman–Crippen LogP) is 4.88. The topological polar surface area (TPSA) is 165 Å². The average molecular weight is 642 g/mol. The lowest BCUT2D eigenvalue weighted by Gasteiger charge is -2.47. The van der Waals surface area contributed by atoms with Crippen molar-refractivity contribution < 1.29 is 19.4 Å². The lowest BCUT2D eigenvalue weighted by Crippen LogP contribution is -2.62. The molecule has 1 saturated heterocycles. The molecule has 2 N–H and O–H groups in total. The van der Waals surface area contributed by atoms with Crippen molar-refractivity contribution in [1.29, 1.82) is 10.5 Å². The van der Waals surface area contributed by atoms with E-state index in [2.05, 4.69) is 32.4 Å². The number of fused-ring (bicyclic) bond motifs is 1. The number of rotatable bonds is 8. The van der Waals surface area contributed by atoms with Crippen LogP contribution in [0.4, 0.5) is 22.2 Å². The first-order chi connectivity index (χ1) is 21.9. The second-order valence-electron chi connectivity index (χ2n) is 12.4. The number of likely N-dealkylation sites (tertiary alicyclic amines) is 1. The van der Waals surface area contributed by atoms with Crippen molar-refractivity contribution >= 4 is 40.8 Å². The van der Waals surface area contributed by atoms with Gasteiger partial charge < -0.3 is 29.7 Å². The van der Waals surface area contributed by atoms with Crippen LogP contribution in [0.1, 0.15) is 56.0 Å². The Balaban J connectivity index is 1.35. The van der Waals surface area contributed by atoms with E-state index in [1.165, 1.54) is 27.7 Å². The summed E-state index contributed by atoms with van der Waals surface area (Å²) >= 11 is 6.85. The van der Waals surface area contributed by atoms with Crippen LogP contribution in [-0.2, 0) is 16.9 Å². The molecule has 14 heteroatoms. The molecule has 4 aromatic rings. The Morgan fingerprint density at radius 3 is 2.52 bits per heavy atom. The van der Waals surface area contributed by atoms with Gasteiger partial charge in [-0.2, -0.15) is 20.0 Å². The fourth-order valence-electron chi connectivity index (χ4n) is 5.33. The highest BCUT2D eigenvalue weighted by atomic mass is 35.5. The summed E-state index contributed by atoms with van der Waals surface area (Å²) in [6, 6.07) is 15.3. The molecule has 0 unspecified atom stereocenters. The summed E-state index contributed by atoms with van der Waals surface area (Å²) in [6.45, 7) is 5.69. The molecule has 1 aliphatic carbocycles. The third-order valence-corrected chi connectivity index (χ3v) is 8.14. The molecule has 1 amide bonds. The standard InChI is InChI=1S/C32H32ClN9O4/c1-31(2,3)46-30(43)40-17-32(44,18-40)24-11-20(13-34)12-25(26(24)33)37-29-38-28(27-36-15-22(14-35)42(27)39-29)41(21-7-8-21)16-19-5-9-23(45-4)10-6-19/h5-6,9-12,15,21,44H,7-8,16-18H2,1-4H3,(H,37,39). The van der Waals surface area contributed by atoms with Gasteiger partial charge in [0, 0.05) is 18.2 Å². The largest absolute Gasteiger partial charge is 0.497 e. The molecule has 0 bridgehead atoms. The van der Waals surface area contributed by atoms with E-state index >= 15 is 0 Å². The maximum absolute atomic E-state index is 12.5. The number of nitriles is 2. The molecular formula is C32H32ClN9O4. The van der Waals surface area contributed by atoms with E-state index in [0.717, 1.165) is 24.2 Å². The number of carbonyl (C=O) groups excluding carboxylic acids is 1. The van der Waals surface area contributed by atoms with E-state index in [1.807, 2.05) is 24.3 Å². The molecule has 236 valence electrons. The zero-order valence-electron chi connectivity index (χ0n) is 25.8. The summed E-state index contributed by atoms with van der Waals surface area (Å²) in [6.07, 6.45) is 2.83. The number of halogens is 1. The van der Waals surface area contributed by atoms with Gasteiger partial charge in [0.2, 0.25) is 5.95 Å². The highest BCUT2D eigenvalue weighted by Crippen LogP contribution is 2.42. The number of nitrogens with zero attached hydrogens (tertiary/aromatic N) is 8. The number of aliphatic hydroxyl groups is 1. The summed E-state index contributed by atoms with van der Waals surface area (Å²) < 4.78 is 12.2. The van der Waals surface area contributed by atoms with Gasteiger partial charge in [-0.15, -0.1) is 5.10 Å². The SMILES string of the molecule is COc1ccc(CN(c2nc(Nc3cc(C#N)cc(C4(O)CN(C(=O)OC(C)(C)C)C4)c3Cl)nn3c(C#N)cnc23)C2CC2)cc1. The van der Waals surface area contributed by atoms with Crippen molar-refractivity contribution in [2.45, 2.75) is 57.4 Å². The summed E-state index contributed by atoms with van der Waals surface area (Å²) in [5.41, 5.74) is 0.253. The number of nitrogens with one attached hydrogen (secondary N) is 1. The molecule has 46 heavy (non-hydrogen) atoms. The van der Waals surface area contributed by atoms with Crippen LogP contribution in [0.25, 0.3) is 5.65 Å². The first kappa shape index (κ1) is 30.9. The Hall–Kier alpha value is -5.11. The molecular weight excluding hydrogens is 610 g/mol. The second kappa shape index (κ2) is 11.7. The Morgan fingerprint density at radius 2 is 1.91 bits per heavy atom. The Kier molecular flexibility index (Phi) is 7.84. The van der Waals surface area contributed by atoms with Crippen LogP contribution in [0, 0.1) is 22.7 Å². The first-order valence-corrected chi connectivity index (χ1v) is 15.1. The quantitative estimate of drug-likeness (QED) is 0.269. The summed E-state index contributed by atoms with van der Waals surface area (Å²) in [7, 11) is 1.62. The van der Waals surface area contributed by atoms with E-state index in [-0.39, 0.29) is 52.6 Å². The van der Waals surface area contributed by atoms with Crippen LogP contribution in [0.2, 0.25) is 5.02 Å². The van der Waals surface area contributed by atoms with Crippen molar-refractivity contribution in [2.75, 3.05) is 30.4 Å². The molecule has 0 spiro atoms. The van der Waals surface area contributed by atoms with E-state index in [9.17, 15) is 20.4 Å². The Labute approximate surface area is 270 Å². The Morgan fingerprint density at radius 1 is 1.20 bits per heavy atom. The molecule has 0 radical (unpaired) electrons. The van der Waals surface area contributed by atoms with Crippen molar-refractivity contribution in [2.24, 2.45) is 0 Å². The van der Waals surface area contributed by atoms with Crippen LogP contribution in [0.15, 0.2) is 42.6 Å². The number of aromatic nitrogens is 4. The molecule has 1 aliphatic heterocycles. The number of ether oxygens (including phenoxy) is 2. The number of carbonyl (C=O) groups is 1. The first-order valence-electron chi connectivity index (χ1n) is 14.7. The van der Waals surface area contributed by atoms with Gasteiger partial charge in [-0.1, -0.05) is 23.7 Å². The van der Waals surface area contributed by atoms with Gasteiger partial charge in [-0.05, 0) is 63.4 Å². The minimum Gasteiger partial charge on any atom is -0.497 e. The molecule has 13 nitrogen and oxygen atoms in total. The third kappa shape index (κ3) is 6.07. The maximum atomic E-state index is 12.5. The third-order valence-electron chi connectivity index (χ3n) is 7.74. The minimum absolute atomic E-state index is 0.0646. The number of imidazole rings is 1. The molecule has 0 atom stereocenters. The van der Waals surface area contributed by atoms with Gasteiger partial charge >= 0.3 is 6.09 Å². The van der Waals surface area contributed by atoms with Crippen LogP contribution in [-0.4, -0.2) is 67.5 Å². The summed E-state index contributed by atoms with van der Waals surface area (Å²) in [5.74, 6) is 1.39. The summed E-state index contributed by atoms with van der Waals surface area (Å²) in [4.78, 5) is 25.4. The molecule has 2 fully saturated rings. The number of benzene rings is 2. The predicted molar refractivity (Wildman–Crippen MR) is 169 cm³/mol. The lowest BCUT2D eigenvalue weighted by atomic mass is 9.85. The van der Waals surface area contributed by atoms with Crippen LogP contribution >= 0.6 is 11.6 Å². The van der Waals surface area contributed by atoms with E-state index < -0.39 is 17.3 Å². The normalized spacial score (nSPS) is 15.4. The van der Waals surface area contributed by atoms with E-state index in [4.69, 9.17) is 26.1 Å². The highest BCUT2D eigenvalue weighted by Gasteiger charge is 2.48. The fraction of sp³-hybridized carbons (Fsp3) is 0.375. The number of hydrogen-bond acceptors (Lipinski definition) is 11. The molecule has 2 aliphatic rings. The van der Waals surface area contributed by atoms with Crippen LogP contribution in [0.5, 0.6) is 5.75 Å². The monoisotopic (exact) mass is 641 g/mol. The summed E-state index contributed by atoms with van der Waals surface area (Å²) in [5, 5.41) is 38.9. The molecule has 6 rings (SSSR count). The highest BCUT2D eigenvalue weighted by molar-refractivity contribution is 6.34. The fourth-order valence-corrected chi connectivity index (χ4v) is 5.66. The van der Waals surface area contributed by atoms with Crippen molar-refractivity contribution in [3.05, 3.63) is 70.0 Å². The number of anilines is 3. The smallest absolute Gasteiger partial charge is 0.410 e. The van der Waals surface area contributed by atoms with Crippen molar-refractivity contribution in [3.63, 3.8) is 0 Å². The van der Waals surface area contributed by atoms with E-state index in [1.54, 1.807) is 27.9 Å². The maximum Gasteiger partial charge on any atom is 0.410 e. The molecule has 3 heterocycles. The van der Waals surface area contributed by atoms with E-state index in [0.29, 0.717) is 18.0 Å². The van der Waals surface area contributed by atoms with Crippen LogP contribution < -0.4 is 15.0 Å². The molecule has 1 saturated carbocycles. The van der Waals surface area contributed by atoms with Crippen molar-refractivity contribution in [1.82, 2.24) is 24.5 Å². The number of amides is 1. The van der Waals surface area contributed by atoms with Crippen molar-refractivity contribution in [3.8, 4) is 17.9 Å².